The van der Waals surface area contributed by atoms with Crippen LogP contribution in [0.25, 0.3) is 0 Å². The van der Waals surface area contributed by atoms with Crippen LogP contribution in [0.1, 0.15) is 29.0 Å². The molecule has 3 heterocycles. The molecule has 0 spiro atoms. The van der Waals surface area contributed by atoms with E-state index in [0.29, 0.717) is 5.57 Å². The number of rotatable bonds is 8. The summed E-state index contributed by atoms with van der Waals surface area (Å²) in [5, 5.41) is 4.28. The van der Waals surface area contributed by atoms with E-state index in [1.807, 2.05) is 78.2 Å². The van der Waals surface area contributed by atoms with E-state index in [9.17, 15) is 14.4 Å². The fraction of sp³-hybridized carbons (Fsp3) is 0.250. The fourth-order valence-corrected chi connectivity index (χ4v) is 6.60. The van der Waals surface area contributed by atoms with Crippen LogP contribution in [0.2, 0.25) is 0 Å². The van der Waals surface area contributed by atoms with Gasteiger partial charge in [-0.25, -0.2) is 4.79 Å². The van der Waals surface area contributed by atoms with Crippen LogP contribution in [-0.4, -0.2) is 46.6 Å². The first-order valence-electron chi connectivity index (χ1n) is 11.8. The molecule has 1 N–H and O–H groups in total. The van der Waals surface area contributed by atoms with Crippen molar-refractivity contribution in [2.75, 3.05) is 7.11 Å². The van der Waals surface area contributed by atoms with Crippen molar-refractivity contribution >= 4 is 40.9 Å². The summed E-state index contributed by atoms with van der Waals surface area (Å²) in [5.74, 6) is -1.19. The number of hydrogen-bond acceptors (Lipinski definition) is 7. The Morgan fingerprint density at radius 1 is 1.00 bits per heavy atom. The van der Waals surface area contributed by atoms with Gasteiger partial charge in [0.25, 0.3) is 5.91 Å². The lowest BCUT2D eigenvalue weighted by Crippen LogP contribution is -2.71. The number of methoxy groups -OCH3 is 1. The Bertz CT molecular complexity index is 1270. The zero-order valence-corrected chi connectivity index (χ0v) is 22.0. The second-order valence-corrected chi connectivity index (χ2v) is 11.0. The summed E-state index contributed by atoms with van der Waals surface area (Å²) in [7, 11) is 1.56. The second kappa shape index (κ2) is 10.9. The highest BCUT2D eigenvalue weighted by atomic mass is 32.2. The molecular formula is C28H26N2O5S2. The van der Waals surface area contributed by atoms with Crippen LogP contribution in [-0.2, 0) is 30.3 Å². The average Bonchev–Trinajstić information content (AvgIpc) is 3.44. The third-order valence-corrected chi connectivity index (χ3v) is 8.77. The summed E-state index contributed by atoms with van der Waals surface area (Å²) in [5.41, 5.74) is 1.95. The Balaban J connectivity index is 1.39. The molecule has 2 aromatic carbocycles. The molecule has 37 heavy (non-hydrogen) atoms. The molecule has 0 saturated carbocycles. The standard InChI is InChI=1S/C28H26N2O5S2/c1-17-23(27(33)35-24(18-10-5-3-6-11-18)19-12-7-4-8-13-19)30-25(32)22(26(30)37-28(17)34-2)29-21(31)16-20-14-9-15-36-20/h3-15,22,24,26,28H,16H2,1-2H3,(H,29,31)/t22-,26-,28-/m0/s1. The predicted octanol–water partition coefficient (Wildman–Crippen LogP) is 4.27. The molecule has 0 radical (unpaired) electrons. The van der Waals surface area contributed by atoms with Gasteiger partial charge in [-0.3, -0.25) is 14.5 Å². The molecule has 5 rings (SSSR count). The number of hydrogen-bond donors (Lipinski definition) is 1. The Labute approximate surface area is 223 Å². The third kappa shape index (κ3) is 5.07. The van der Waals surface area contributed by atoms with Crippen molar-refractivity contribution in [2.45, 2.75) is 36.3 Å². The number of carbonyl (C=O) groups excluding carboxylic acids is 3. The van der Waals surface area contributed by atoms with E-state index < -0.39 is 28.9 Å². The first kappa shape index (κ1) is 25.3. The van der Waals surface area contributed by atoms with Gasteiger partial charge in [0.05, 0.1) is 6.42 Å². The third-order valence-electron chi connectivity index (χ3n) is 6.34. The van der Waals surface area contributed by atoms with Crippen LogP contribution >= 0.6 is 23.1 Å². The zero-order valence-electron chi connectivity index (χ0n) is 20.3. The van der Waals surface area contributed by atoms with E-state index in [1.165, 1.54) is 28.0 Å². The first-order valence-corrected chi connectivity index (χ1v) is 13.6. The smallest absolute Gasteiger partial charge is 0.356 e. The number of fused-ring (bicyclic) bond motifs is 1. The molecule has 0 bridgehead atoms. The van der Waals surface area contributed by atoms with Crippen molar-refractivity contribution < 1.29 is 23.9 Å². The number of thiophene rings is 1. The molecule has 1 fully saturated rings. The van der Waals surface area contributed by atoms with Gasteiger partial charge >= 0.3 is 5.97 Å². The molecule has 1 saturated heterocycles. The van der Waals surface area contributed by atoms with E-state index in [2.05, 4.69) is 5.32 Å². The minimum absolute atomic E-state index is 0.168. The van der Waals surface area contributed by atoms with E-state index in [4.69, 9.17) is 9.47 Å². The van der Waals surface area contributed by atoms with Crippen LogP contribution in [0.5, 0.6) is 0 Å². The number of benzene rings is 2. The molecule has 2 aliphatic rings. The molecule has 7 nitrogen and oxygen atoms in total. The summed E-state index contributed by atoms with van der Waals surface area (Å²) in [6.07, 6.45) is -0.450. The van der Waals surface area contributed by atoms with Crippen molar-refractivity contribution in [3.05, 3.63) is 105 Å². The lowest BCUT2D eigenvalue weighted by Gasteiger charge is -2.51. The van der Waals surface area contributed by atoms with Gasteiger partial charge in [0.1, 0.15) is 22.5 Å². The predicted molar refractivity (Wildman–Crippen MR) is 142 cm³/mol. The molecular weight excluding hydrogens is 508 g/mol. The van der Waals surface area contributed by atoms with Gasteiger partial charge in [0.2, 0.25) is 5.91 Å². The van der Waals surface area contributed by atoms with Crippen molar-refractivity contribution in [3.8, 4) is 0 Å². The normalized spacial score (nSPS) is 20.9. The monoisotopic (exact) mass is 534 g/mol. The number of nitrogens with zero attached hydrogens (tertiary/aromatic N) is 1. The first-order chi connectivity index (χ1) is 18.0. The Hall–Kier alpha value is -3.40. The lowest BCUT2D eigenvalue weighted by atomic mass is 10.0. The van der Waals surface area contributed by atoms with E-state index in [1.54, 1.807) is 14.0 Å². The van der Waals surface area contributed by atoms with Gasteiger partial charge < -0.3 is 14.8 Å². The maximum atomic E-state index is 13.7. The van der Waals surface area contributed by atoms with Gasteiger partial charge in [-0.05, 0) is 35.1 Å². The molecule has 190 valence electrons. The lowest BCUT2D eigenvalue weighted by molar-refractivity contribution is -0.155. The zero-order chi connectivity index (χ0) is 25.9. The number of amides is 2. The van der Waals surface area contributed by atoms with Gasteiger partial charge in [-0.2, -0.15) is 0 Å². The van der Waals surface area contributed by atoms with Gasteiger partial charge in [-0.15, -0.1) is 11.3 Å². The number of carbonyl (C=O) groups is 3. The summed E-state index contributed by atoms with van der Waals surface area (Å²) in [4.78, 5) is 41.9. The summed E-state index contributed by atoms with van der Waals surface area (Å²) < 4.78 is 11.7. The number of β-lactam (4-membered cyclic amide) rings is 1. The second-order valence-electron chi connectivity index (χ2n) is 8.74. The minimum atomic E-state index is -0.745. The van der Waals surface area contributed by atoms with Gasteiger partial charge in [0, 0.05) is 12.0 Å². The van der Waals surface area contributed by atoms with Crippen LogP contribution in [0.3, 0.4) is 0 Å². The summed E-state index contributed by atoms with van der Waals surface area (Å²) in [6.45, 7) is 1.77. The molecule has 0 unspecified atom stereocenters. The number of ether oxygens (including phenoxy) is 2. The van der Waals surface area contributed by atoms with Crippen molar-refractivity contribution in [1.29, 1.82) is 0 Å². The maximum absolute atomic E-state index is 13.7. The van der Waals surface area contributed by atoms with Crippen LogP contribution < -0.4 is 5.32 Å². The van der Waals surface area contributed by atoms with Crippen LogP contribution in [0.4, 0.5) is 0 Å². The number of thioether (sulfide) groups is 1. The highest BCUT2D eigenvalue weighted by molar-refractivity contribution is 8.00. The molecule has 1 aromatic heterocycles. The Morgan fingerprint density at radius 3 is 2.22 bits per heavy atom. The van der Waals surface area contributed by atoms with Gasteiger partial charge in [0.15, 0.2) is 6.10 Å². The minimum Gasteiger partial charge on any atom is -0.448 e. The van der Waals surface area contributed by atoms with E-state index >= 15 is 0 Å². The van der Waals surface area contributed by atoms with Gasteiger partial charge in [-0.1, -0.05) is 78.5 Å². The molecule has 2 aliphatic heterocycles. The van der Waals surface area contributed by atoms with Crippen molar-refractivity contribution in [1.82, 2.24) is 10.2 Å². The Morgan fingerprint density at radius 2 is 1.65 bits per heavy atom. The Kier molecular flexibility index (Phi) is 7.45. The van der Waals surface area contributed by atoms with Crippen LogP contribution in [0, 0.1) is 0 Å². The SMILES string of the molecule is CO[C@H]1S[C@H]2[C@@H](NC(=O)Cc3cccs3)C(=O)N2C(C(=O)OC(c2ccccc2)c2ccccc2)=C1C. The summed E-state index contributed by atoms with van der Waals surface area (Å²) >= 11 is 2.88. The molecule has 2 amide bonds. The largest absolute Gasteiger partial charge is 0.448 e. The van der Waals surface area contributed by atoms with Crippen molar-refractivity contribution in [2.24, 2.45) is 0 Å². The number of nitrogens with one attached hydrogen (secondary N) is 1. The topological polar surface area (TPSA) is 84.9 Å². The number of esters is 1. The molecule has 3 aromatic rings. The summed E-state index contributed by atoms with van der Waals surface area (Å²) in [6, 6.07) is 22.0. The van der Waals surface area contributed by atoms with E-state index in [0.717, 1.165) is 16.0 Å². The average molecular weight is 535 g/mol. The highest BCUT2D eigenvalue weighted by Crippen LogP contribution is 2.45. The van der Waals surface area contributed by atoms with E-state index in [-0.39, 0.29) is 23.9 Å². The van der Waals surface area contributed by atoms with Crippen molar-refractivity contribution in [3.63, 3.8) is 0 Å². The fourth-order valence-electron chi connectivity index (χ4n) is 4.54. The molecule has 3 atom stereocenters. The quantitative estimate of drug-likeness (QED) is 0.343. The highest BCUT2D eigenvalue weighted by Gasteiger charge is 2.56. The van der Waals surface area contributed by atoms with Crippen LogP contribution in [0.15, 0.2) is 89.4 Å². The molecule has 0 aliphatic carbocycles. The molecule has 9 heteroatoms. The maximum Gasteiger partial charge on any atom is 0.356 e.